The summed E-state index contributed by atoms with van der Waals surface area (Å²) in [4.78, 5) is 31.8. The first-order valence-electron chi connectivity index (χ1n) is 9.55. The molecule has 9 heteroatoms. The molecule has 8 nitrogen and oxygen atoms in total. The number of H-pyrrole nitrogens is 1. The van der Waals surface area contributed by atoms with E-state index in [1.807, 2.05) is 6.07 Å². The molecule has 0 aliphatic heterocycles. The van der Waals surface area contributed by atoms with Crippen LogP contribution in [0.4, 0.5) is 17.3 Å². The Balaban J connectivity index is 1.62. The molecule has 0 saturated heterocycles. The van der Waals surface area contributed by atoms with Gasteiger partial charge in [0.2, 0.25) is 5.95 Å². The number of carbonyl (C=O) groups excluding carboxylic acids is 1. The molecule has 4 rings (SSSR count). The van der Waals surface area contributed by atoms with Gasteiger partial charge in [-0.05, 0) is 48.5 Å². The summed E-state index contributed by atoms with van der Waals surface area (Å²) in [6.45, 7) is 0. The highest BCUT2D eigenvalue weighted by Gasteiger charge is 2.14. The third-order valence-corrected chi connectivity index (χ3v) is 4.98. The van der Waals surface area contributed by atoms with Crippen molar-refractivity contribution in [3.8, 4) is 17.3 Å². The normalized spacial score (nSPS) is 10.4. The number of carbonyl (C=O) groups is 1. The van der Waals surface area contributed by atoms with Crippen molar-refractivity contribution in [1.82, 2.24) is 14.5 Å². The Morgan fingerprint density at radius 2 is 1.78 bits per heavy atom. The number of benzene rings is 2. The van der Waals surface area contributed by atoms with E-state index in [1.54, 1.807) is 78.5 Å². The monoisotopic (exact) mass is 444 g/mol. The number of amides is 1. The van der Waals surface area contributed by atoms with Crippen molar-refractivity contribution in [3.05, 3.63) is 93.5 Å². The van der Waals surface area contributed by atoms with Crippen LogP contribution in [0.3, 0.4) is 0 Å². The molecule has 0 bridgehead atoms. The Morgan fingerprint density at radius 3 is 2.41 bits per heavy atom. The molecule has 2 heterocycles. The standard InChI is InChI=1S/C23H17ClN6O2/c1-30-12-2-3-19(30)22(32)26-16-8-4-14(5-9-16)20-18(13-25)21(31)29-23(28-20)27-17-10-6-15(24)7-11-17/h2-12H,1H3,(H,26,32)(H2,27,28,29,31). The fourth-order valence-electron chi connectivity index (χ4n) is 3.12. The minimum atomic E-state index is -0.560. The van der Waals surface area contributed by atoms with Crippen LogP contribution in [-0.2, 0) is 7.05 Å². The van der Waals surface area contributed by atoms with Crippen LogP contribution in [0, 0.1) is 11.3 Å². The zero-order chi connectivity index (χ0) is 22.7. The quantitative estimate of drug-likeness (QED) is 0.424. The predicted molar refractivity (Wildman–Crippen MR) is 123 cm³/mol. The molecule has 0 unspecified atom stereocenters. The highest BCUT2D eigenvalue weighted by atomic mass is 35.5. The summed E-state index contributed by atoms with van der Waals surface area (Å²) in [5.74, 6) is -0.0564. The number of nitrogens with one attached hydrogen (secondary N) is 3. The van der Waals surface area contributed by atoms with Crippen molar-refractivity contribution >= 4 is 34.8 Å². The Bertz CT molecular complexity index is 1380. The third kappa shape index (κ3) is 4.38. The van der Waals surface area contributed by atoms with Crippen LogP contribution >= 0.6 is 11.6 Å². The van der Waals surface area contributed by atoms with Gasteiger partial charge in [-0.2, -0.15) is 5.26 Å². The van der Waals surface area contributed by atoms with Crippen LogP contribution in [0.15, 0.2) is 71.7 Å². The third-order valence-electron chi connectivity index (χ3n) is 4.73. The van der Waals surface area contributed by atoms with Gasteiger partial charge < -0.3 is 15.2 Å². The largest absolute Gasteiger partial charge is 0.347 e. The number of anilines is 3. The maximum absolute atomic E-state index is 12.4. The van der Waals surface area contributed by atoms with Gasteiger partial charge in [-0.3, -0.25) is 14.6 Å². The number of hydrogen-bond acceptors (Lipinski definition) is 5. The number of rotatable bonds is 5. The Kier molecular flexibility index (Phi) is 5.75. The summed E-state index contributed by atoms with van der Waals surface area (Å²) in [6.07, 6.45) is 1.79. The van der Waals surface area contributed by atoms with E-state index in [0.29, 0.717) is 27.7 Å². The molecule has 0 aliphatic carbocycles. The molecule has 0 spiro atoms. The summed E-state index contributed by atoms with van der Waals surface area (Å²) in [6, 6.07) is 19.1. The van der Waals surface area contributed by atoms with Crippen molar-refractivity contribution in [3.63, 3.8) is 0 Å². The van der Waals surface area contributed by atoms with Crippen molar-refractivity contribution in [2.45, 2.75) is 0 Å². The molecule has 4 aromatic rings. The lowest BCUT2D eigenvalue weighted by atomic mass is 10.1. The molecular weight excluding hydrogens is 428 g/mol. The first-order chi connectivity index (χ1) is 15.4. The number of hydrogen-bond donors (Lipinski definition) is 3. The zero-order valence-electron chi connectivity index (χ0n) is 16.9. The van der Waals surface area contributed by atoms with E-state index < -0.39 is 5.56 Å². The van der Waals surface area contributed by atoms with Crippen molar-refractivity contribution in [2.24, 2.45) is 7.05 Å². The summed E-state index contributed by atoms with van der Waals surface area (Å²) >= 11 is 5.90. The van der Waals surface area contributed by atoms with Crippen LogP contribution < -0.4 is 16.2 Å². The summed E-state index contributed by atoms with van der Waals surface area (Å²) in [7, 11) is 1.79. The molecule has 3 N–H and O–H groups in total. The molecule has 0 aliphatic rings. The number of nitrogens with zero attached hydrogens (tertiary/aromatic N) is 3. The molecule has 2 aromatic carbocycles. The van der Waals surface area contributed by atoms with Crippen LogP contribution in [-0.4, -0.2) is 20.4 Å². The van der Waals surface area contributed by atoms with Gasteiger partial charge in [0.15, 0.2) is 0 Å². The Labute approximate surface area is 188 Å². The average molecular weight is 445 g/mol. The van der Waals surface area contributed by atoms with Gasteiger partial charge in [-0.1, -0.05) is 23.7 Å². The van der Waals surface area contributed by atoms with Gasteiger partial charge >= 0.3 is 0 Å². The summed E-state index contributed by atoms with van der Waals surface area (Å²) in [5.41, 5.74) is 1.89. The number of aromatic nitrogens is 3. The summed E-state index contributed by atoms with van der Waals surface area (Å²) < 4.78 is 1.72. The Hall–Kier alpha value is -4.35. The number of halogens is 1. The van der Waals surface area contributed by atoms with E-state index in [0.717, 1.165) is 0 Å². The van der Waals surface area contributed by atoms with Gasteiger partial charge in [0, 0.05) is 35.2 Å². The topological polar surface area (TPSA) is 116 Å². The minimum absolute atomic E-state index is 0.104. The molecule has 0 atom stereocenters. The molecule has 1 amide bonds. The number of aryl methyl sites for hydroxylation is 1. The molecule has 0 radical (unpaired) electrons. The lowest BCUT2D eigenvalue weighted by Gasteiger charge is -2.10. The highest BCUT2D eigenvalue weighted by Crippen LogP contribution is 2.24. The molecule has 32 heavy (non-hydrogen) atoms. The second-order valence-corrected chi connectivity index (χ2v) is 7.35. The van der Waals surface area contributed by atoms with Crippen LogP contribution in [0.25, 0.3) is 11.3 Å². The average Bonchev–Trinajstić information content (AvgIpc) is 3.21. The fraction of sp³-hybridized carbons (Fsp3) is 0.0435. The Morgan fingerprint density at radius 1 is 1.09 bits per heavy atom. The van der Waals surface area contributed by atoms with E-state index in [4.69, 9.17) is 11.6 Å². The molecule has 2 aromatic heterocycles. The van der Waals surface area contributed by atoms with Gasteiger partial charge in [0.25, 0.3) is 11.5 Å². The predicted octanol–water partition coefficient (Wildman–Crippen LogP) is 4.30. The molecule has 0 fully saturated rings. The van der Waals surface area contributed by atoms with E-state index in [-0.39, 0.29) is 23.1 Å². The second-order valence-electron chi connectivity index (χ2n) is 6.92. The smallest absolute Gasteiger partial charge is 0.272 e. The first-order valence-corrected chi connectivity index (χ1v) is 9.92. The molecular formula is C23H17ClN6O2. The minimum Gasteiger partial charge on any atom is -0.347 e. The number of aromatic amines is 1. The SMILES string of the molecule is Cn1cccc1C(=O)Nc1ccc(-c2nc(Nc3ccc(Cl)cc3)[nH]c(=O)c2C#N)cc1. The lowest BCUT2D eigenvalue weighted by molar-refractivity contribution is 0.101. The molecule has 158 valence electrons. The van der Waals surface area contributed by atoms with E-state index in [1.165, 1.54) is 0 Å². The van der Waals surface area contributed by atoms with Crippen molar-refractivity contribution in [1.29, 1.82) is 5.26 Å². The van der Waals surface area contributed by atoms with Gasteiger partial charge in [0.05, 0.1) is 5.69 Å². The van der Waals surface area contributed by atoms with Crippen LogP contribution in [0.1, 0.15) is 16.1 Å². The molecule has 0 saturated carbocycles. The fourth-order valence-corrected chi connectivity index (χ4v) is 3.24. The van der Waals surface area contributed by atoms with Crippen molar-refractivity contribution < 1.29 is 4.79 Å². The van der Waals surface area contributed by atoms with Gasteiger partial charge in [-0.15, -0.1) is 0 Å². The lowest BCUT2D eigenvalue weighted by Crippen LogP contribution is -2.16. The van der Waals surface area contributed by atoms with Crippen LogP contribution in [0.2, 0.25) is 5.02 Å². The van der Waals surface area contributed by atoms with Gasteiger partial charge in [-0.25, -0.2) is 4.98 Å². The van der Waals surface area contributed by atoms with Crippen molar-refractivity contribution in [2.75, 3.05) is 10.6 Å². The van der Waals surface area contributed by atoms with Gasteiger partial charge in [0.1, 0.15) is 17.3 Å². The number of nitriles is 1. The van der Waals surface area contributed by atoms with E-state index >= 15 is 0 Å². The van der Waals surface area contributed by atoms with E-state index in [9.17, 15) is 14.9 Å². The summed E-state index contributed by atoms with van der Waals surface area (Å²) in [5, 5.41) is 15.9. The maximum Gasteiger partial charge on any atom is 0.272 e. The maximum atomic E-state index is 12.4. The first kappa shape index (κ1) is 20.9. The second kappa shape index (κ2) is 8.79. The zero-order valence-corrected chi connectivity index (χ0v) is 17.6. The van der Waals surface area contributed by atoms with Crippen LogP contribution in [0.5, 0.6) is 0 Å². The van der Waals surface area contributed by atoms with E-state index in [2.05, 4.69) is 20.6 Å². The highest BCUT2D eigenvalue weighted by molar-refractivity contribution is 6.30.